The second kappa shape index (κ2) is 5.50. The predicted octanol–water partition coefficient (Wildman–Crippen LogP) is 2.01. The highest BCUT2D eigenvalue weighted by Gasteiger charge is 2.22. The lowest BCUT2D eigenvalue weighted by atomic mass is 10.2. The molecule has 0 spiro atoms. The van der Waals surface area contributed by atoms with Crippen LogP contribution in [0.3, 0.4) is 0 Å². The number of rotatable bonds is 3. The third-order valence-electron chi connectivity index (χ3n) is 4.73. The van der Waals surface area contributed by atoms with Gasteiger partial charge in [-0.3, -0.25) is 14.2 Å². The minimum Gasteiger partial charge on any atom is -0.352 e. The number of carbonyl (C=O) groups excluding carboxylic acids is 1. The van der Waals surface area contributed by atoms with E-state index in [1.54, 1.807) is 11.3 Å². The molecule has 0 unspecified atom stereocenters. The molecule has 0 saturated heterocycles. The van der Waals surface area contributed by atoms with Gasteiger partial charge < -0.3 is 5.32 Å². The van der Waals surface area contributed by atoms with Gasteiger partial charge in [-0.25, -0.2) is 4.98 Å². The minimum absolute atomic E-state index is 0.0639. The van der Waals surface area contributed by atoms with Gasteiger partial charge in [-0.1, -0.05) is 12.8 Å². The summed E-state index contributed by atoms with van der Waals surface area (Å²) in [5.41, 5.74) is 1.11. The zero-order valence-corrected chi connectivity index (χ0v) is 13.2. The van der Waals surface area contributed by atoms with Crippen LogP contribution in [0.15, 0.2) is 11.1 Å². The van der Waals surface area contributed by atoms with Crippen molar-refractivity contribution in [2.75, 3.05) is 0 Å². The molecule has 2 heterocycles. The molecule has 1 saturated carbocycles. The molecule has 1 fully saturated rings. The van der Waals surface area contributed by atoms with E-state index in [1.807, 2.05) is 0 Å². The lowest BCUT2D eigenvalue weighted by Gasteiger charge is -2.12. The molecule has 6 heteroatoms. The summed E-state index contributed by atoms with van der Waals surface area (Å²) in [5.74, 6) is -0.0815. The molecule has 116 valence electrons. The number of fused-ring (bicyclic) bond motifs is 3. The van der Waals surface area contributed by atoms with Crippen LogP contribution in [0.5, 0.6) is 0 Å². The lowest BCUT2D eigenvalue weighted by Crippen LogP contribution is -2.37. The van der Waals surface area contributed by atoms with Gasteiger partial charge in [0.2, 0.25) is 5.91 Å². The number of amides is 1. The van der Waals surface area contributed by atoms with E-state index in [2.05, 4.69) is 10.3 Å². The van der Waals surface area contributed by atoms with Crippen LogP contribution in [0, 0.1) is 0 Å². The quantitative estimate of drug-likeness (QED) is 0.942. The van der Waals surface area contributed by atoms with E-state index < -0.39 is 0 Å². The summed E-state index contributed by atoms with van der Waals surface area (Å²) in [6.45, 7) is 0.0723. The summed E-state index contributed by atoms with van der Waals surface area (Å²) < 4.78 is 1.46. The maximum atomic E-state index is 12.7. The Balaban J connectivity index is 1.60. The van der Waals surface area contributed by atoms with Crippen molar-refractivity contribution < 1.29 is 4.79 Å². The molecular weight excluding hydrogens is 298 g/mol. The van der Waals surface area contributed by atoms with E-state index in [4.69, 9.17) is 0 Å². The standard InChI is InChI=1S/C16H19N3O2S/c20-13(18-10-4-1-2-5-10)8-19-9-17-15-14(16(19)21)11-6-3-7-12(11)22-15/h9-10H,1-8H2,(H,18,20). The molecule has 5 nitrogen and oxygen atoms in total. The van der Waals surface area contributed by atoms with Crippen LogP contribution in [0.4, 0.5) is 0 Å². The van der Waals surface area contributed by atoms with E-state index in [0.29, 0.717) is 0 Å². The van der Waals surface area contributed by atoms with E-state index in [0.717, 1.165) is 42.3 Å². The average Bonchev–Trinajstić information content (AvgIpc) is 3.17. The van der Waals surface area contributed by atoms with E-state index >= 15 is 0 Å². The summed E-state index contributed by atoms with van der Waals surface area (Å²) >= 11 is 1.63. The highest BCUT2D eigenvalue weighted by Crippen LogP contribution is 2.34. The highest BCUT2D eigenvalue weighted by molar-refractivity contribution is 7.18. The minimum atomic E-state index is -0.0815. The number of thiophene rings is 1. The van der Waals surface area contributed by atoms with Gasteiger partial charge in [0.15, 0.2) is 0 Å². The first-order valence-corrected chi connectivity index (χ1v) is 8.83. The van der Waals surface area contributed by atoms with Crippen LogP contribution in [0.1, 0.15) is 42.5 Å². The fraction of sp³-hybridized carbons (Fsp3) is 0.562. The van der Waals surface area contributed by atoms with Gasteiger partial charge in [0, 0.05) is 10.9 Å². The number of aromatic nitrogens is 2. The van der Waals surface area contributed by atoms with Gasteiger partial charge in [-0.2, -0.15) is 0 Å². The molecule has 1 N–H and O–H groups in total. The van der Waals surface area contributed by atoms with Crippen LogP contribution in [0.25, 0.3) is 10.2 Å². The van der Waals surface area contributed by atoms with E-state index in [9.17, 15) is 9.59 Å². The third kappa shape index (κ3) is 2.35. The molecule has 0 atom stereocenters. The second-order valence-electron chi connectivity index (χ2n) is 6.26. The van der Waals surface area contributed by atoms with Crippen molar-refractivity contribution in [1.82, 2.24) is 14.9 Å². The summed E-state index contributed by atoms with van der Waals surface area (Å²) in [6.07, 6.45) is 9.12. The highest BCUT2D eigenvalue weighted by atomic mass is 32.1. The fourth-order valence-electron chi connectivity index (χ4n) is 3.63. The predicted molar refractivity (Wildman–Crippen MR) is 86.3 cm³/mol. The molecule has 2 aromatic rings. The smallest absolute Gasteiger partial charge is 0.262 e. The third-order valence-corrected chi connectivity index (χ3v) is 5.93. The van der Waals surface area contributed by atoms with Crippen molar-refractivity contribution in [2.24, 2.45) is 0 Å². The summed E-state index contributed by atoms with van der Waals surface area (Å²) in [4.78, 5) is 31.3. The van der Waals surface area contributed by atoms with Crippen LogP contribution < -0.4 is 10.9 Å². The Hall–Kier alpha value is -1.69. The average molecular weight is 317 g/mol. The van der Waals surface area contributed by atoms with Crippen molar-refractivity contribution in [3.05, 3.63) is 27.1 Å². The number of hydrogen-bond acceptors (Lipinski definition) is 4. The summed E-state index contributed by atoms with van der Waals surface area (Å²) in [7, 11) is 0. The first-order chi connectivity index (χ1) is 10.7. The Labute approximate surface area is 132 Å². The fourth-order valence-corrected chi connectivity index (χ4v) is 4.85. The van der Waals surface area contributed by atoms with Gasteiger partial charge >= 0.3 is 0 Å². The molecule has 2 aliphatic rings. The zero-order valence-electron chi connectivity index (χ0n) is 12.4. The zero-order chi connectivity index (χ0) is 15.1. The van der Waals surface area contributed by atoms with E-state index in [1.165, 1.54) is 34.2 Å². The maximum Gasteiger partial charge on any atom is 0.262 e. The summed E-state index contributed by atoms with van der Waals surface area (Å²) in [6, 6.07) is 0.283. The topological polar surface area (TPSA) is 64.0 Å². The SMILES string of the molecule is O=C(Cn1cnc2sc3c(c2c1=O)CCC3)NC1CCCC1. The Morgan fingerprint density at radius 1 is 1.32 bits per heavy atom. The molecule has 1 amide bonds. The molecule has 0 aliphatic heterocycles. The molecule has 2 aliphatic carbocycles. The second-order valence-corrected chi connectivity index (χ2v) is 7.35. The van der Waals surface area contributed by atoms with Crippen LogP contribution in [-0.2, 0) is 24.2 Å². The molecule has 4 rings (SSSR count). The van der Waals surface area contributed by atoms with Gasteiger partial charge in [0.1, 0.15) is 11.4 Å². The Bertz CT molecular complexity index is 787. The van der Waals surface area contributed by atoms with Crippen molar-refractivity contribution >= 4 is 27.5 Å². The van der Waals surface area contributed by atoms with Gasteiger partial charge in [0.05, 0.1) is 11.7 Å². The Morgan fingerprint density at radius 2 is 2.14 bits per heavy atom. The number of hydrogen-bond donors (Lipinski definition) is 1. The monoisotopic (exact) mass is 317 g/mol. The van der Waals surface area contributed by atoms with Crippen LogP contribution in [0.2, 0.25) is 0 Å². The molecular formula is C16H19N3O2S. The molecule has 2 aromatic heterocycles. The molecule has 22 heavy (non-hydrogen) atoms. The Kier molecular flexibility index (Phi) is 3.48. The molecule has 0 radical (unpaired) electrons. The van der Waals surface area contributed by atoms with E-state index in [-0.39, 0.29) is 24.1 Å². The van der Waals surface area contributed by atoms with Crippen molar-refractivity contribution in [3.63, 3.8) is 0 Å². The maximum absolute atomic E-state index is 12.7. The van der Waals surface area contributed by atoms with Crippen molar-refractivity contribution in [2.45, 2.75) is 57.5 Å². The molecule has 0 bridgehead atoms. The Morgan fingerprint density at radius 3 is 2.95 bits per heavy atom. The number of aryl methyl sites for hydroxylation is 2. The van der Waals surface area contributed by atoms with Crippen molar-refractivity contribution in [3.8, 4) is 0 Å². The van der Waals surface area contributed by atoms with Crippen LogP contribution in [-0.4, -0.2) is 21.5 Å². The van der Waals surface area contributed by atoms with Crippen molar-refractivity contribution in [1.29, 1.82) is 0 Å². The van der Waals surface area contributed by atoms with Crippen LogP contribution >= 0.6 is 11.3 Å². The first kappa shape index (κ1) is 13.9. The number of nitrogens with one attached hydrogen (secondary N) is 1. The number of carbonyl (C=O) groups is 1. The largest absolute Gasteiger partial charge is 0.352 e. The molecule has 0 aromatic carbocycles. The normalized spacial score (nSPS) is 18.0. The van der Waals surface area contributed by atoms with Gasteiger partial charge in [-0.05, 0) is 37.7 Å². The van der Waals surface area contributed by atoms with Gasteiger partial charge in [0.25, 0.3) is 5.56 Å². The first-order valence-electron chi connectivity index (χ1n) is 8.01. The number of nitrogens with zero attached hydrogens (tertiary/aromatic N) is 2. The summed E-state index contributed by atoms with van der Waals surface area (Å²) in [5, 5.41) is 3.77. The van der Waals surface area contributed by atoms with Gasteiger partial charge in [-0.15, -0.1) is 11.3 Å². The lowest BCUT2D eigenvalue weighted by molar-refractivity contribution is -0.122.